The lowest BCUT2D eigenvalue weighted by molar-refractivity contribution is -0.130. The van der Waals surface area contributed by atoms with E-state index < -0.39 is 11.9 Å². The van der Waals surface area contributed by atoms with E-state index in [1.807, 2.05) is 46.8 Å². The lowest BCUT2D eigenvalue weighted by Gasteiger charge is -2.24. The summed E-state index contributed by atoms with van der Waals surface area (Å²) in [5, 5.41) is 0. The second kappa shape index (κ2) is 13.8. The molecule has 0 amide bonds. The maximum Gasteiger partial charge on any atom is 0.335 e. The van der Waals surface area contributed by atoms with Crippen molar-refractivity contribution in [1.29, 1.82) is 0 Å². The van der Waals surface area contributed by atoms with Crippen LogP contribution in [0.1, 0.15) is 51.7 Å². The number of benzene rings is 2. The van der Waals surface area contributed by atoms with Crippen molar-refractivity contribution in [2.45, 2.75) is 40.5 Å². The highest BCUT2D eigenvalue weighted by Crippen LogP contribution is 2.49. The van der Waals surface area contributed by atoms with Gasteiger partial charge in [0, 0.05) is 29.2 Å². The van der Waals surface area contributed by atoms with Crippen LogP contribution < -0.4 is 28.4 Å². The SMILES string of the molecule is C=CC(=O)Oc1ccc(C(C)c2ccc(OC(=O)C=C)c(OCC)c2OCC)c(OCC)c1OCC. The van der Waals surface area contributed by atoms with Crippen LogP contribution in [-0.2, 0) is 9.59 Å². The van der Waals surface area contributed by atoms with Crippen LogP contribution in [0.25, 0.3) is 0 Å². The van der Waals surface area contributed by atoms with Crippen LogP contribution in [0, 0.1) is 0 Å². The van der Waals surface area contributed by atoms with Gasteiger partial charge < -0.3 is 28.4 Å². The molecule has 2 rings (SSSR count). The molecule has 0 saturated carbocycles. The Balaban J connectivity index is 2.73. The molecule has 0 aliphatic heterocycles. The Labute approximate surface area is 212 Å². The molecule has 2 aromatic rings. The zero-order chi connectivity index (χ0) is 26.7. The predicted octanol–water partition coefficient (Wildman–Crippen LogP) is 5.62. The van der Waals surface area contributed by atoms with Gasteiger partial charge in [-0.3, -0.25) is 0 Å². The molecule has 36 heavy (non-hydrogen) atoms. The summed E-state index contributed by atoms with van der Waals surface area (Å²) in [6.07, 6.45) is 2.16. The lowest BCUT2D eigenvalue weighted by atomic mass is 9.90. The Morgan fingerprint density at radius 3 is 1.31 bits per heavy atom. The summed E-state index contributed by atoms with van der Waals surface area (Å²) in [7, 11) is 0. The summed E-state index contributed by atoms with van der Waals surface area (Å²) in [5.74, 6) is 0.498. The van der Waals surface area contributed by atoms with Gasteiger partial charge in [0.15, 0.2) is 23.0 Å². The molecule has 0 heterocycles. The predicted molar refractivity (Wildman–Crippen MR) is 137 cm³/mol. The van der Waals surface area contributed by atoms with Crippen molar-refractivity contribution in [2.75, 3.05) is 26.4 Å². The van der Waals surface area contributed by atoms with E-state index >= 15 is 0 Å². The fourth-order valence-electron chi connectivity index (χ4n) is 3.58. The molecule has 0 spiro atoms. The van der Waals surface area contributed by atoms with Crippen LogP contribution in [0.15, 0.2) is 49.6 Å². The average molecular weight is 499 g/mol. The van der Waals surface area contributed by atoms with Crippen LogP contribution in [0.3, 0.4) is 0 Å². The summed E-state index contributed by atoms with van der Waals surface area (Å²) in [6, 6.07) is 6.94. The van der Waals surface area contributed by atoms with E-state index in [2.05, 4.69) is 13.2 Å². The fraction of sp³-hybridized carbons (Fsp3) is 0.357. The van der Waals surface area contributed by atoms with E-state index in [9.17, 15) is 9.59 Å². The first kappa shape index (κ1) is 28.3. The normalized spacial score (nSPS) is 10.4. The first-order chi connectivity index (χ1) is 17.4. The van der Waals surface area contributed by atoms with E-state index in [-0.39, 0.29) is 17.4 Å². The summed E-state index contributed by atoms with van der Waals surface area (Å²) >= 11 is 0. The molecule has 0 bridgehead atoms. The minimum absolute atomic E-state index is 0.230. The highest BCUT2D eigenvalue weighted by atomic mass is 16.6. The first-order valence-corrected chi connectivity index (χ1v) is 11.9. The third-order valence-electron chi connectivity index (χ3n) is 5.06. The number of hydrogen-bond donors (Lipinski definition) is 0. The number of rotatable bonds is 14. The van der Waals surface area contributed by atoms with E-state index in [4.69, 9.17) is 28.4 Å². The molecule has 2 aromatic carbocycles. The molecule has 0 saturated heterocycles. The molecule has 0 aromatic heterocycles. The molecule has 194 valence electrons. The van der Waals surface area contributed by atoms with E-state index in [0.717, 1.165) is 23.3 Å². The van der Waals surface area contributed by atoms with Crippen molar-refractivity contribution in [1.82, 2.24) is 0 Å². The molecule has 0 radical (unpaired) electrons. The van der Waals surface area contributed by atoms with E-state index in [0.29, 0.717) is 49.4 Å². The van der Waals surface area contributed by atoms with Gasteiger partial charge in [0.05, 0.1) is 26.4 Å². The second-order valence-electron chi connectivity index (χ2n) is 7.33. The molecular weight excluding hydrogens is 464 g/mol. The first-order valence-electron chi connectivity index (χ1n) is 11.9. The van der Waals surface area contributed by atoms with Gasteiger partial charge in [-0.25, -0.2) is 9.59 Å². The quantitative estimate of drug-likeness (QED) is 0.188. The fourth-order valence-corrected chi connectivity index (χ4v) is 3.58. The van der Waals surface area contributed by atoms with Crippen molar-refractivity contribution in [2.24, 2.45) is 0 Å². The van der Waals surface area contributed by atoms with Gasteiger partial charge in [-0.15, -0.1) is 0 Å². The summed E-state index contributed by atoms with van der Waals surface area (Å²) in [5.41, 5.74) is 1.55. The molecule has 0 N–H and O–H groups in total. The number of carbonyl (C=O) groups is 2. The van der Waals surface area contributed by atoms with Crippen LogP contribution in [0.5, 0.6) is 34.5 Å². The largest absolute Gasteiger partial charge is 0.490 e. The molecule has 0 aliphatic carbocycles. The Morgan fingerprint density at radius 1 is 0.667 bits per heavy atom. The smallest absolute Gasteiger partial charge is 0.335 e. The molecule has 0 fully saturated rings. The Bertz CT molecular complexity index is 1000. The number of hydrogen-bond acceptors (Lipinski definition) is 8. The number of ether oxygens (including phenoxy) is 6. The maximum absolute atomic E-state index is 11.9. The van der Waals surface area contributed by atoms with E-state index in [1.165, 1.54) is 0 Å². The van der Waals surface area contributed by atoms with Gasteiger partial charge in [-0.1, -0.05) is 32.2 Å². The van der Waals surface area contributed by atoms with Crippen LogP contribution in [0.2, 0.25) is 0 Å². The summed E-state index contributed by atoms with van der Waals surface area (Å²) < 4.78 is 34.5. The van der Waals surface area contributed by atoms with Crippen molar-refractivity contribution in [3.63, 3.8) is 0 Å². The van der Waals surface area contributed by atoms with Crippen LogP contribution in [0.4, 0.5) is 0 Å². The number of carbonyl (C=O) groups excluding carboxylic acids is 2. The van der Waals surface area contributed by atoms with Gasteiger partial charge >= 0.3 is 11.9 Å². The minimum atomic E-state index is -0.608. The molecule has 8 heteroatoms. The van der Waals surface area contributed by atoms with Crippen molar-refractivity contribution >= 4 is 11.9 Å². The van der Waals surface area contributed by atoms with Gasteiger partial charge in [-0.2, -0.15) is 0 Å². The minimum Gasteiger partial charge on any atom is -0.490 e. The van der Waals surface area contributed by atoms with Gasteiger partial charge in [0.2, 0.25) is 11.5 Å². The van der Waals surface area contributed by atoms with Crippen LogP contribution in [-0.4, -0.2) is 38.4 Å². The Morgan fingerprint density at radius 2 is 1.00 bits per heavy atom. The maximum atomic E-state index is 11.9. The monoisotopic (exact) mass is 498 g/mol. The highest BCUT2D eigenvalue weighted by Gasteiger charge is 2.27. The zero-order valence-corrected chi connectivity index (χ0v) is 21.6. The zero-order valence-electron chi connectivity index (χ0n) is 21.6. The number of esters is 2. The summed E-state index contributed by atoms with van der Waals surface area (Å²) in [6.45, 7) is 17.6. The van der Waals surface area contributed by atoms with E-state index in [1.54, 1.807) is 12.1 Å². The highest BCUT2D eigenvalue weighted by molar-refractivity contribution is 5.85. The average Bonchev–Trinajstić information content (AvgIpc) is 2.87. The van der Waals surface area contributed by atoms with Gasteiger partial charge in [-0.05, 0) is 39.8 Å². The molecule has 0 aliphatic rings. The second-order valence-corrected chi connectivity index (χ2v) is 7.33. The molecule has 0 unspecified atom stereocenters. The topological polar surface area (TPSA) is 89.5 Å². The van der Waals surface area contributed by atoms with Crippen molar-refractivity contribution < 1.29 is 38.0 Å². The Kier molecular flexibility index (Phi) is 10.9. The molecular formula is C28H34O8. The lowest BCUT2D eigenvalue weighted by Crippen LogP contribution is -2.11. The molecule has 8 nitrogen and oxygen atoms in total. The van der Waals surface area contributed by atoms with Crippen LogP contribution >= 0.6 is 0 Å². The standard InChI is InChI=1S/C28H34O8/c1-8-23(29)35-21-16-14-19(25(31-10-3)27(21)33-12-5)18(7)20-15-17-22(36-24(30)9-2)28(34-13-6)26(20)32-11-4/h8-9,14-18H,1-2,10-13H2,3-7H3. The van der Waals surface area contributed by atoms with Crippen molar-refractivity contribution in [3.8, 4) is 34.5 Å². The van der Waals surface area contributed by atoms with Gasteiger partial charge in [0.1, 0.15) is 0 Å². The third-order valence-corrected chi connectivity index (χ3v) is 5.06. The Hall–Kier alpha value is -3.94. The third kappa shape index (κ3) is 6.59. The van der Waals surface area contributed by atoms with Gasteiger partial charge in [0.25, 0.3) is 0 Å². The van der Waals surface area contributed by atoms with Crippen molar-refractivity contribution in [3.05, 3.63) is 60.7 Å². The summed E-state index contributed by atoms with van der Waals surface area (Å²) in [4.78, 5) is 23.8. The molecule has 0 atom stereocenters.